The summed E-state index contributed by atoms with van der Waals surface area (Å²) in [4.78, 5) is 0. The maximum Gasteiger partial charge on any atom is 0.277 e. The van der Waals surface area contributed by atoms with Crippen molar-refractivity contribution in [3.63, 3.8) is 0 Å². The normalized spacial score (nSPS) is 11.8. The summed E-state index contributed by atoms with van der Waals surface area (Å²) >= 11 is 12.4. The quantitative estimate of drug-likeness (QED) is 0.515. The highest BCUT2D eigenvalue weighted by molar-refractivity contribution is 7.58. The second-order valence-electron chi connectivity index (χ2n) is 3.59. The van der Waals surface area contributed by atoms with Crippen LogP contribution in [0.2, 0.25) is 0 Å². The molecule has 0 bridgehead atoms. The third-order valence-corrected chi connectivity index (χ3v) is 13.8. The molecule has 3 aromatic heterocycles. The summed E-state index contributed by atoms with van der Waals surface area (Å²) in [6.07, 6.45) is 0. The molecule has 3 rings (SSSR count). The topological polar surface area (TPSA) is 0 Å². The molecular formula is C12H9ClS3Si. The predicted molar refractivity (Wildman–Crippen MR) is 83.5 cm³/mol. The first-order valence-electron chi connectivity index (χ1n) is 5.12. The van der Waals surface area contributed by atoms with Gasteiger partial charge in [0.1, 0.15) is 0 Å². The van der Waals surface area contributed by atoms with Gasteiger partial charge in [0.2, 0.25) is 0 Å². The minimum atomic E-state index is -2.19. The fourth-order valence-corrected chi connectivity index (χ4v) is 11.8. The van der Waals surface area contributed by atoms with Crippen molar-refractivity contribution in [2.75, 3.05) is 0 Å². The first-order chi connectivity index (χ1) is 8.32. The molecule has 0 fully saturated rings. The number of hydrogen-bond donors (Lipinski definition) is 0. The predicted octanol–water partition coefficient (Wildman–Crippen LogP) is 3.08. The van der Waals surface area contributed by atoms with E-state index in [1.807, 2.05) is 0 Å². The van der Waals surface area contributed by atoms with E-state index in [1.165, 1.54) is 13.5 Å². The molecule has 86 valence electrons. The Labute approximate surface area is 118 Å². The fraction of sp³-hybridized carbons (Fsp3) is 0. The summed E-state index contributed by atoms with van der Waals surface area (Å²) in [5, 5.41) is 6.34. The Morgan fingerprint density at radius 3 is 1.29 bits per heavy atom. The van der Waals surface area contributed by atoms with E-state index >= 15 is 0 Å². The minimum Gasteiger partial charge on any atom is -0.151 e. The highest BCUT2D eigenvalue weighted by Gasteiger charge is 2.40. The maximum absolute atomic E-state index is 7.11. The second-order valence-corrected chi connectivity index (χ2v) is 12.2. The Morgan fingerprint density at radius 1 is 0.706 bits per heavy atom. The molecule has 5 heteroatoms. The van der Waals surface area contributed by atoms with Crippen LogP contribution in [0.4, 0.5) is 0 Å². The lowest BCUT2D eigenvalue weighted by atomic mass is 10.7. The molecule has 0 aliphatic heterocycles. The number of halogens is 1. The van der Waals surface area contributed by atoms with E-state index in [4.69, 9.17) is 11.1 Å². The maximum atomic E-state index is 7.11. The van der Waals surface area contributed by atoms with Crippen molar-refractivity contribution < 1.29 is 0 Å². The van der Waals surface area contributed by atoms with Gasteiger partial charge in [0.15, 0.2) is 0 Å². The van der Waals surface area contributed by atoms with Crippen molar-refractivity contribution in [1.82, 2.24) is 0 Å². The van der Waals surface area contributed by atoms with Crippen LogP contribution in [0.15, 0.2) is 52.5 Å². The van der Waals surface area contributed by atoms with Gasteiger partial charge in [0.05, 0.1) is 0 Å². The smallest absolute Gasteiger partial charge is 0.151 e. The van der Waals surface area contributed by atoms with Crippen molar-refractivity contribution in [2.24, 2.45) is 0 Å². The van der Waals surface area contributed by atoms with E-state index < -0.39 is 7.38 Å². The summed E-state index contributed by atoms with van der Waals surface area (Å²) in [7, 11) is -2.19. The molecule has 0 unspecified atom stereocenters. The molecule has 0 saturated carbocycles. The zero-order chi connectivity index (χ0) is 11.7. The summed E-state index contributed by atoms with van der Waals surface area (Å²) in [5.74, 6) is 0. The van der Waals surface area contributed by atoms with Gasteiger partial charge in [-0.1, -0.05) is 36.4 Å². The van der Waals surface area contributed by atoms with Crippen LogP contribution in [-0.2, 0) is 0 Å². The van der Waals surface area contributed by atoms with Crippen LogP contribution in [-0.4, -0.2) is 7.38 Å². The molecule has 0 aliphatic carbocycles. The fourth-order valence-electron chi connectivity index (χ4n) is 1.79. The molecule has 17 heavy (non-hydrogen) atoms. The van der Waals surface area contributed by atoms with Crippen LogP contribution in [0.3, 0.4) is 0 Å². The van der Waals surface area contributed by atoms with Gasteiger partial charge in [-0.05, 0) is 16.1 Å². The van der Waals surface area contributed by atoms with Crippen LogP contribution in [0.5, 0.6) is 0 Å². The van der Waals surface area contributed by atoms with Crippen molar-refractivity contribution in [2.45, 2.75) is 0 Å². The van der Waals surface area contributed by atoms with E-state index in [9.17, 15) is 0 Å². The van der Waals surface area contributed by atoms with E-state index in [0.717, 1.165) is 0 Å². The number of thiophene rings is 3. The van der Waals surface area contributed by atoms with Gasteiger partial charge in [-0.3, -0.25) is 0 Å². The molecule has 0 N–H and O–H groups in total. The lowest BCUT2D eigenvalue weighted by Gasteiger charge is -2.20. The van der Waals surface area contributed by atoms with Crippen LogP contribution < -0.4 is 13.5 Å². The van der Waals surface area contributed by atoms with Gasteiger partial charge in [-0.2, -0.15) is 34.0 Å². The van der Waals surface area contributed by atoms with Gasteiger partial charge in [-0.15, -0.1) is 11.1 Å². The minimum absolute atomic E-state index is 1.32. The van der Waals surface area contributed by atoms with E-state index in [1.54, 1.807) is 34.0 Å². The summed E-state index contributed by atoms with van der Waals surface area (Å²) in [6, 6.07) is 12.8. The monoisotopic (exact) mass is 312 g/mol. The van der Waals surface area contributed by atoms with E-state index in [2.05, 4.69) is 52.5 Å². The summed E-state index contributed by atoms with van der Waals surface area (Å²) < 4.78 is 3.97. The average Bonchev–Trinajstić information content (AvgIpc) is 3.10. The molecule has 3 heterocycles. The molecular weight excluding hydrogens is 304 g/mol. The van der Waals surface area contributed by atoms with Gasteiger partial charge in [0, 0.05) is 13.5 Å². The lowest BCUT2D eigenvalue weighted by Crippen LogP contribution is -2.59. The van der Waals surface area contributed by atoms with E-state index in [0.29, 0.717) is 0 Å². The third-order valence-electron chi connectivity index (χ3n) is 2.58. The van der Waals surface area contributed by atoms with Crippen LogP contribution in [0, 0.1) is 0 Å². The Hall–Kier alpha value is -0.393. The highest BCUT2D eigenvalue weighted by Crippen LogP contribution is 2.18. The number of hydrogen-bond acceptors (Lipinski definition) is 3. The SMILES string of the molecule is Cl[Si](c1cccs1)(c1cccs1)c1cccs1. The lowest BCUT2D eigenvalue weighted by molar-refractivity contribution is 2.00. The standard InChI is InChI=1S/C12H9ClS3Si/c13-17(10-4-1-7-14-10,11-5-2-8-15-11)12-6-3-9-16-12/h1-9H. The zero-order valence-electron chi connectivity index (χ0n) is 8.80. The van der Waals surface area contributed by atoms with Gasteiger partial charge < -0.3 is 0 Å². The molecule has 0 amide bonds. The van der Waals surface area contributed by atoms with Crippen molar-refractivity contribution in [1.29, 1.82) is 0 Å². The van der Waals surface area contributed by atoms with Gasteiger partial charge in [-0.25, -0.2) is 0 Å². The van der Waals surface area contributed by atoms with Crippen molar-refractivity contribution >= 4 is 66.0 Å². The molecule has 3 aromatic rings. The molecule has 0 aromatic carbocycles. The second kappa shape index (κ2) is 4.70. The molecule has 0 atom stereocenters. The van der Waals surface area contributed by atoms with Crippen LogP contribution in [0.25, 0.3) is 0 Å². The first-order valence-corrected chi connectivity index (χ1v) is 10.8. The Morgan fingerprint density at radius 2 is 1.06 bits per heavy atom. The highest BCUT2D eigenvalue weighted by atomic mass is 35.6. The molecule has 0 radical (unpaired) electrons. The van der Waals surface area contributed by atoms with Crippen molar-refractivity contribution in [3.8, 4) is 0 Å². The van der Waals surface area contributed by atoms with Crippen molar-refractivity contribution in [3.05, 3.63) is 52.5 Å². The summed E-state index contributed by atoms with van der Waals surface area (Å²) in [6.45, 7) is 0. The third kappa shape index (κ3) is 1.94. The van der Waals surface area contributed by atoms with Crippen LogP contribution in [0.1, 0.15) is 0 Å². The Bertz CT molecular complexity index is 485. The average molecular weight is 313 g/mol. The Kier molecular flexibility index (Phi) is 3.23. The summed E-state index contributed by atoms with van der Waals surface area (Å²) in [5.41, 5.74) is 0. The Balaban J connectivity index is 2.21. The number of rotatable bonds is 3. The molecule has 0 spiro atoms. The first kappa shape index (κ1) is 11.7. The molecule has 0 nitrogen and oxygen atoms in total. The molecule has 0 saturated heterocycles. The van der Waals surface area contributed by atoms with Crippen LogP contribution >= 0.6 is 45.1 Å². The van der Waals surface area contributed by atoms with E-state index in [-0.39, 0.29) is 0 Å². The largest absolute Gasteiger partial charge is 0.277 e. The molecule has 0 aliphatic rings. The zero-order valence-corrected chi connectivity index (χ0v) is 13.0. The van der Waals surface area contributed by atoms with Gasteiger partial charge in [0.25, 0.3) is 7.38 Å². The van der Waals surface area contributed by atoms with Gasteiger partial charge >= 0.3 is 0 Å².